The van der Waals surface area contributed by atoms with E-state index in [-0.39, 0.29) is 5.56 Å². The SMILES string of the molecule is Cc1nc([C@H](C)NC(=O)c2ccc(F)c(O)c2)n[nH]1. The lowest BCUT2D eigenvalue weighted by Crippen LogP contribution is -2.27. The lowest BCUT2D eigenvalue weighted by molar-refractivity contribution is 0.0938. The maximum atomic E-state index is 12.9. The first kappa shape index (κ1) is 13.0. The molecule has 0 aliphatic rings. The van der Waals surface area contributed by atoms with Crippen LogP contribution in [0, 0.1) is 12.7 Å². The number of carbonyl (C=O) groups is 1. The van der Waals surface area contributed by atoms with E-state index < -0.39 is 23.5 Å². The van der Waals surface area contributed by atoms with Crippen LogP contribution >= 0.6 is 0 Å². The molecule has 0 saturated heterocycles. The van der Waals surface area contributed by atoms with Crippen LogP contribution in [0.4, 0.5) is 4.39 Å². The number of H-pyrrole nitrogens is 1. The zero-order chi connectivity index (χ0) is 14.0. The number of aryl methyl sites for hydroxylation is 1. The lowest BCUT2D eigenvalue weighted by atomic mass is 10.2. The van der Waals surface area contributed by atoms with Crippen molar-refractivity contribution in [2.24, 2.45) is 0 Å². The number of nitrogens with zero attached hydrogens (tertiary/aromatic N) is 2. The van der Waals surface area contributed by atoms with Crippen molar-refractivity contribution in [1.82, 2.24) is 20.5 Å². The van der Waals surface area contributed by atoms with Crippen LogP contribution < -0.4 is 5.32 Å². The zero-order valence-corrected chi connectivity index (χ0v) is 10.4. The van der Waals surface area contributed by atoms with Gasteiger partial charge in [0.1, 0.15) is 5.82 Å². The fraction of sp³-hybridized carbons (Fsp3) is 0.250. The van der Waals surface area contributed by atoms with Gasteiger partial charge in [-0.1, -0.05) is 0 Å². The van der Waals surface area contributed by atoms with Gasteiger partial charge in [0.15, 0.2) is 17.4 Å². The van der Waals surface area contributed by atoms with Crippen molar-refractivity contribution < 1.29 is 14.3 Å². The summed E-state index contributed by atoms with van der Waals surface area (Å²) in [5, 5.41) is 18.5. The number of phenolic OH excluding ortho intramolecular Hbond substituents is 1. The Balaban J connectivity index is 2.10. The molecular formula is C12H13FN4O2. The molecule has 0 radical (unpaired) electrons. The minimum atomic E-state index is -0.769. The number of amides is 1. The first-order chi connectivity index (χ1) is 8.97. The summed E-state index contributed by atoms with van der Waals surface area (Å²) in [4.78, 5) is 16.0. The number of rotatable bonds is 3. The predicted molar refractivity (Wildman–Crippen MR) is 65.1 cm³/mol. The maximum absolute atomic E-state index is 12.9. The van der Waals surface area contributed by atoms with Gasteiger partial charge in [0.2, 0.25) is 0 Å². The summed E-state index contributed by atoms with van der Waals surface area (Å²) >= 11 is 0. The van der Waals surface area contributed by atoms with Gasteiger partial charge in [-0.2, -0.15) is 5.10 Å². The van der Waals surface area contributed by atoms with E-state index in [0.29, 0.717) is 11.6 Å². The number of carbonyl (C=O) groups excluding carboxylic acids is 1. The Labute approximate surface area is 108 Å². The number of aromatic amines is 1. The fourth-order valence-electron chi connectivity index (χ4n) is 1.55. The molecular weight excluding hydrogens is 251 g/mol. The Morgan fingerprint density at radius 3 is 2.84 bits per heavy atom. The molecule has 0 aliphatic carbocycles. The van der Waals surface area contributed by atoms with Gasteiger partial charge >= 0.3 is 0 Å². The van der Waals surface area contributed by atoms with E-state index in [1.165, 1.54) is 6.07 Å². The highest BCUT2D eigenvalue weighted by Gasteiger charge is 2.15. The van der Waals surface area contributed by atoms with E-state index in [1.807, 2.05) is 0 Å². The smallest absolute Gasteiger partial charge is 0.252 e. The number of hydrogen-bond acceptors (Lipinski definition) is 4. The summed E-state index contributed by atoms with van der Waals surface area (Å²) in [5.74, 6) is -0.666. The molecule has 0 unspecified atom stereocenters. The highest BCUT2D eigenvalue weighted by Crippen LogP contribution is 2.17. The van der Waals surface area contributed by atoms with Crippen molar-refractivity contribution in [3.8, 4) is 5.75 Å². The van der Waals surface area contributed by atoms with Gasteiger partial charge in [-0.3, -0.25) is 9.89 Å². The average Bonchev–Trinajstić information content (AvgIpc) is 2.79. The Bertz CT molecular complexity index is 612. The van der Waals surface area contributed by atoms with E-state index in [4.69, 9.17) is 0 Å². The molecule has 0 spiro atoms. The van der Waals surface area contributed by atoms with Gasteiger partial charge in [0.05, 0.1) is 6.04 Å². The third-order valence-corrected chi connectivity index (χ3v) is 2.56. The average molecular weight is 264 g/mol. The van der Waals surface area contributed by atoms with E-state index in [9.17, 15) is 14.3 Å². The van der Waals surface area contributed by atoms with Crippen molar-refractivity contribution in [3.05, 3.63) is 41.2 Å². The third-order valence-electron chi connectivity index (χ3n) is 2.56. The van der Waals surface area contributed by atoms with Gasteiger partial charge < -0.3 is 10.4 Å². The van der Waals surface area contributed by atoms with Gasteiger partial charge in [-0.05, 0) is 32.0 Å². The summed E-state index contributed by atoms with van der Waals surface area (Å²) in [7, 11) is 0. The van der Waals surface area contributed by atoms with Gasteiger partial charge in [-0.15, -0.1) is 0 Å². The molecule has 0 bridgehead atoms. The number of nitrogens with one attached hydrogen (secondary N) is 2. The van der Waals surface area contributed by atoms with Gasteiger partial charge in [0.25, 0.3) is 5.91 Å². The van der Waals surface area contributed by atoms with Crippen molar-refractivity contribution in [3.63, 3.8) is 0 Å². The normalized spacial score (nSPS) is 12.2. The zero-order valence-electron chi connectivity index (χ0n) is 10.4. The summed E-state index contributed by atoms with van der Waals surface area (Å²) in [6.07, 6.45) is 0. The molecule has 19 heavy (non-hydrogen) atoms. The van der Waals surface area contributed by atoms with Crippen LogP contribution in [0.5, 0.6) is 5.75 Å². The minimum Gasteiger partial charge on any atom is -0.505 e. The summed E-state index contributed by atoms with van der Waals surface area (Å²) < 4.78 is 12.9. The van der Waals surface area contributed by atoms with Gasteiger partial charge in [0, 0.05) is 5.56 Å². The molecule has 1 atom stereocenters. The standard InChI is InChI=1S/C12H13FN4O2/c1-6(11-15-7(2)16-17-11)14-12(19)8-3-4-9(13)10(18)5-8/h3-6,18H,1-2H3,(H,14,19)(H,15,16,17)/t6-/m0/s1. The van der Waals surface area contributed by atoms with Crippen LogP contribution in [0.2, 0.25) is 0 Å². The summed E-state index contributed by atoms with van der Waals surface area (Å²) in [6, 6.07) is 3.00. The Morgan fingerprint density at radius 1 is 1.53 bits per heavy atom. The summed E-state index contributed by atoms with van der Waals surface area (Å²) in [5.41, 5.74) is 0.165. The van der Waals surface area contributed by atoms with Crippen LogP contribution in [-0.2, 0) is 0 Å². The van der Waals surface area contributed by atoms with Crippen LogP contribution in [-0.4, -0.2) is 26.2 Å². The van der Waals surface area contributed by atoms with E-state index >= 15 is 0 Å². The summed E-state index contributed by atoms with van der Waals surface area (Å²) in [6.45, 7) is 3.48. The molecule has 0 fully saturated rings. The van der Waals surface area contributed by atoms with Crippen molar-refractivity contribution in [2.45, 2.75) is 19.9 Å². The van der Waals surface area contributed by atoms with E-state index in [2.05, 4.69) is 20.5 Å². The molecule has 3 N–H and O–H groups in total. The number of hydrogen-bond donors (Lipinski definition) is 3. The first-order valence-corrected chi connectivity index (χ1v) is 5.65. The van der Waals surface area contributed by atoms with E-state index in [0.717, 1.165) is 12.1 Å². The molecule has 1 aromatic heterocycles. The largest absolute Gasteiger partial charge is 0.505 e. The molecule has 0 saturated carbocycles. The molecule has 2 rings (SSSR count). The molecule has 1 amide bonds. The first-order valence-electron chi connectivity index (χ1n) is 5.65. The minimum absolute atomic E-state index is 0.165. The number of benzene rings is 1. The van der Waals surface area contributed by atoms with Crippen LogP contribution in [0.3, 0.4) is 0 Å². The number of aromatic hydroxyl groups is 1. The van der Waals surface area contributed by atoms with Crippen molar-refractivity contribution in [1.29, 1.82) is 0 Å². The second kappa shape index (κ2) is 5.05. The van der Waals surface area contributed by atoms with Crippen LogP contribution in [0.15, 0.2) is 18.2 Å². The monoisotopic (exact) mass is 264 g/mol. The van der Waals surface area contributed by atoms with Crippen LogP contribution in [0.1, 0.15) is 35.0 Å². The van der Waals surface area contributed by atoms with Crippen molar-refractivity contribution in [2.75, 3.05) is 0 Å². The number of phenols is 1. The fourth-order valence-corrected chi connectivity index (χ4v) is 1.55. The molecule has 6 nitrogen and oxygen atoms in total. The molecule has 100 valence electrons. The molecule has 0 aliphatic heterocycles. The highest BCUT2D eigenvalue weighted by atomic mass is 19.1. The van der Waals surface area contributed by atoms with Crippen molar-refractivity contribution >= 4 is 5.91 Å². The second-order valence-corrected chi connectivity index (χ2v) is 4.14. The molecule has 2 aromatic rings. The Hall–Kier alpha value is -2.44. The second-order valence-electron chi connectivity index (χ2n) is 4.14. The lowest BCUT2D eigenvalue weighted by Gasteiger charge is -2.10. The predicted octanol–water partition coefficient (Wildman–Crippen LogP) is 1.45. The molecule has 7 heteroatoms. The molecule has 1 aromatic carbocycles. The number of aromatic nitrogens is 3. The van der Waals surface area contributed by atoms with Crippen LogP contribution in [0.25, 0.3) is 0 Å². The maximum Gasteiger partial charge on any atom is 0.252 e. The highest BCUT2D eigenvalue weighted by molar-refractivity contribution is 5.94. The van der Waals surface area contributed by atoms with E-state index in [1.54, 1.807) is 13.8 Å². The Morgan fingerprint density at radius 2 is 2.26 bits per heavy atom. The van der Waals surface area contributed by atoms with Gasteiger partial charge in [-0.25, -0.2) is 9.37 Å². The topological polar surface area (TPSA) is 90.9 Å². The molecule has 1 heterocycles. The Kier molecular flexibility index (Phi) is 3.46. The third kappa shape index (κ3) is 2.87. The number of halogens is 1. The quantitative estimate of drug-likeness (QED) is 0.782.